The predicted molar refractivity (Wildman–Crippen MR) is 110 cm³/mol. The summed E-state index contributed by atoms with van der Waals surface area (Å²) < 4.78 is 5.46. The first-order valence-corrected chi connectivity index (χ1v) is 9.95. The minimum Gasteiger partial charge on any atom is -0.378 e. The van der Waals surface area contributed by atoms with Crippen LogP contribution >= 0.6 is 0 Å². The van der Waals surface area contributed by atoms with Crippen LogP contribution in [0.3, 0.4) is 0 Å². The van der Waals surface area contributed by atoms with Crippen molar-refractivity contribution in [1.82, 2.24) is 25.5 Å². The number of carbonyl (C=O) groups is 1. The van der Waals surface area contributed by atoms with E-state index in [2.05, 4.69) is 30.7 Å². The predicted octanol–water partition coefficient (Wildman–Crippen LogP) is 2.39. The number of aromatic amines is 1. The highest BCUT2D eigenvalue weighted by Crippen LogP contribution is 2.28. The Morgan fingerprint density at radius 2 is 1.97 bits per heavy atom. The van der Waals surface area contributed by atoms with Crippen LogP contribution in [0.5, 0.6) is 0 Å². The number of hydrogen-bond donors (Lipinski definition) is 3. The zero-order chi connectivity index (χ0) is 19.6. The van der Waals surface area contributed by atoms with Crippen molar-refractivity contribution in [1.29, 1.82) is 0 Å². The molecule has 0 bridgehead atoms. The van der Waals surface area contributed by atoms with Crippen molar-refractivity contribution in [3.8, 4) is 11.4 Å². The van der Waals surface area contributed by atoms with Gasteiger partial charge in [-0.2, -0.15) is 5.10 Å². The van der Waals surface area contributed by atoms with Gasteiger partial charge in [0.2, 0.25) is 0 Å². The van der Waals surface area contributed by atoms with E-state index in [1.165, 1.54) is 12.8 Å². The molecule has 1 aliphatic heterocycles. The molecule has 0 unspecified atom stereocenters. The summed E-state index contributed by atoms with van der Waals surface area (Å²) in [6.07, 6.45) is 4.18. The Hall–Kier alpha value is -3.20. The first-order chi connectivity index (χ1) is 14.3. The van der Waals surface area contributed by atoms with Gasteiger partial charge in [0.15, 0.2) is 11.5 Å². The van der Waals surface area contributed by atoms with Crippen molar-refractivity contribution in [3.63, 3.8) is 0 Å². The van der Waals surface area contributed by atoms with Gasteiger partial charge in [0.1, 0.15) is 5.82 Å². The molecule has 3 heterocycles. The van der Waals surface area contributed by atoms with E-state index in [4.69, 9.17) is 9.72 Å². The summed E-state index contributed by atoms with van der Waals surface area (Å²) >= 11 is 0. The third kappa shape index (κ3) is 4.00. The van der Waals surface area contributed by atoms with Gasteiger partial charge >= 0.3 is 6.03 Å². The lowest BCUT2D eigenvalue weighted by molar-refractivity contribution is 0.122. The van der Waals surface area contributed by atoms with E-state index in [0.29, 0.717) is 30.6 Å². The number of aromatic nitrogens is 4. The monoisotopic (exact) mass is 393 g/mol. The number of urea groups is 1. The molecule has 1 aliphatic carbocycles. The lowest BCUT2D eigenvalue weighted by Crippen LogP contribution is -2.37. The second kappa shape index (κ2) is 7.67. The van der Waals surface area contributed by atoms with Crippen molar-refractivity contribution < 1.29 is 9.53 Å². The summed E-state index contributed by atoms with van der Waals surface area (Å²) in [6, 6.07) is 7.38. The summed E-state index contributed by atoms with van der Waals surface area (Å²) in [7, 11) is 0. The molecular weight excluding hydrogens is 370 g/mol. The van der Waals surface area contributed by atoms with Crippen LogP contribution in [-0.4, -0.2) is 59.0 Å². The largest absolute Gasteiger partial charge is 0.378 e. The number of amides is 2. The number of nitrogens with zero attached hydrogens (tertiary/aromatic N) is 4. The molecule has 2 aromatic heterocycles. The minimum absolute atomic E-state index is 0.172. The van der Waals surface area contributed by atoms with Crippen LogP contribution in [0.2, 0.25) is 0 Å². The van der Waals surface area contributed by atoms with Crippen molar-refractivity contribution >= 4 is 28.6 Å². The van der Waals surface area contributed by atoms with Gasteiger partial charge < -0.3 is 20.3 Å². The zero-order valence-corrected chi connectivity index (χ0v) is 16.0. The fourth-order valence-corrected chi connectivity index (χ4v) is 3.40. The average molecular weight is 393 g/mol. The Labute approximate surface area is 167 Å². The first-order valence-electron chi connectivity index (χ1n) is 9.95. The average Bonchev–Trinajstić information content (AvgIpc) is 3.47. The maximum absolute atomic E-state index is 12.0. The van der Waals surface area contributed by atoms with Gasteiger partial charge in [-0.05, 0) is 43.0 Å². The normalized spacial score (nSPS) is 16.8. The summed E-state index contributed by atoms with van der Waals surface area (Å²) in [6.45, 7) is 3.68. The van der Waals surface area contributed by atoms with Crippen molar-refractivity contribution in [2.24, 2.45) is 5.92 Å². The van der Waals surface area contributed by atoms with E-state index in [1.54, 1.807) is 6.20 Å². The first kappa shape index (κ1) is 17.9. The number of carbonyl (C=O) groups excluding carboxylic acids is 1. The number of hydrogen-bond acceptors (Lipinski definition) is 6. The summed E-state index contributed by atoms with van der Waals surface area (Å²) in [5, 5.41) is 13.7. The topological polar surface area (TPSA) is 108 Å². The molecule has 1 saturated heterocycles. The molecule has 3 aromatic rings. The number of morpholine rings is 1. The molecule has 5 rings (SSSR count). The number of H-pyrrole nitrogens is 1. The molecule has 2 fully saturated rings. The van der Waals surface area contributed by atoms with Gasteiger partial charge in [0, 0.05) is 30.9 Å². The van der Waals surface area contributed by atoms with Crippen LogP contribution in [0.4, 0.5) is 16.3 Å². The van der Waals surface area contributed by atoms with Crippen LogP contribution in [0, 0.1) is 5.92 Å². The Bertz CT molecular complexity index is 1010. The lowest BCUT2D eigenvalue weighted by Gasteiger charge is -2.28. The van der Waals surface area contributed by atoms with Gasteiger partial charge in [0.05, 0.1) is 24.8 Å². The van der Waals surface area contributed by atoms with E-state index < -0.39 is 0 Å². The summed E-state index contributed by atoms with van der Waals surface area (Å²) in [4.78, 5) is 23.6. The molecule has 150 valence electrons. The second-order valence-corrected chi connectivity index (χ2v) is 7.46. The summed E-state index contributed by atoms with van der Waals surface area (Å²) in [5.41, 5.74) is 2.32. The number of nitrogens with one attached hydrogen (secondary N) is 3. The number of anilines is 2. The maximum atomic E-state index is 12.0. The smallest absolute Gasteiger partial charge is 0.319 e. The van der Waals surface area contributed by atoms with Gasteiger partial charge in [-0.25, -0.2) is 14.8 Å². The molecule has 1 saturated carbocycles. The lowest BCUT2D eigenvalue weighted by atomic mass is 10.2. The van der Waals surface area contributed by atoms with Gasteiger partial charge in [-0.1, -0.05) is 0 Å². The number of fused-ring (bicyclic) bond motifs is 1. The third-order valence-electron chi connectivity index (χ3n) is 5.25. The van der Waals surface area contributed by atoms with E-state index in [9.17, 15) is 4.79 Å². The second-order valence-electron chi connectivity index (χ2n) is 7.46. The molecule has 9 heteroatoms. The van der Waals surface area contributed by atoms with Crippen molar-refractivity contribution in [3.05, 3.63) is 30.5 Å². The molecule has 1 aromatic carbocycles. The molecule has 9 nitrogen and oxygen atoms in total. The van der Waals surface area contributed by atoms with Gasteiger partial charge in [-0.15, -0.1) is 0 Å². The van der Waals surface area contributed by atoms with E-state index in [1.807, 2.05) is 24.3 Å². The highest BCUT2D eigenvalue weighted by Gasteiger charge is 2.22. The standard InChI is InChI=1S/C20H23N7O2/c28-20(21-11-13-1-2-13)23-15-5-3-14(4-6-15)17-24-18-16(12-22-26-18)19(25-17)27-7-9-29-10-8-27/h3-6,12-13H,1-2,7-11H2,(H2,21,23,28)(H,22,24,25,26). The van der Waals surface area contributed by atoms with Crippen molar-refractivity contribution in [2.75, 3.05) is 43.1 Å². The minimum atomic E-state index is -0.172. The number of rotatable bonds is 5. The van der Waals surface area contributed by atoms with E-state index in [-0.39, 0.29) is 6.03 Å². The van der Waals surface area contributed by atoms with Gasteiger partial charge in [0.25, 0.3) is 0 Å². The highest BCUT2D eigenvalue weighted by atomic mass is 16.5. The molecule has 0 radical (unpaired) electrons. The molecule has 29 heavy (non-hydrogen) atoms. The molecular formula is C20H23N7O2. The Balaban J connectivity index is 1.36. The van der Waals surface area contributed by atoms with Crippen LogP contribution < -0.4 is 15.5 Å². The van der Waals surface area contributed by atoms with E-state index >= 15 is 0 Å². The zero-order valence-electron chi connectivity index (χ0n) is 16.0. The van der Waals surface area contributed by atoms with Crippen LogP contribution in [0.15, 0.2) is 30.5 Å². The number of benzene rings is 1. The highest BCUT2D eigenvalue weighted by molar-refractivity contribution is 5.90. The fraction of sp³-hybridized carbons (Fsp3) is 0.400. The van der Waals surface area contributed by atoms with E-state index in [0.717, 1.165) is 42.1 Å². The van der Waals surface area contributed by atoms with Crippen LogP contribution in [0.1, 0.15) is 12.8 Å². The molecule has 0 atom stereocenters. The van der Waals surface area contributed by atoms with Crippen LogP contribution in [-0.2, 0) is 4.74 Å². The fourth-order valence-electron chi connectivity index (χ4n) is 3.40. The summed E-state index contributed by atoms with van der Waals surface area (Å²) in [5.74, 6) is 2.13. The Kier molecular flexibility index (Phi) is 4.73. The Morgan fingerprint density at radius 1 is 1.17 bits per heavy atom. The van der Waals surface area contributed by atoms with Crippen LogP contribution in [0.25, 0.3) is 22.4 Å². The molecule has 2 amide bonds. The SMILES string of the molecule is O=C(NCC1CC1)Nc1ccc(-c2nc(N3CCOCC3)c3cn[nH]c3n2)cc1. The quantitative estimate of drug-likeness (QED) is 0.614. The Morgan fingerprint density at radius 3 is 2.72 bits per heavy atom. The van der Waals surface area contributed by atoms with Crippen molar-refractivity contribution in [2.45, 2.75) is 12.8 Å². The molecule has 0 spiro atoms. The molecule has 3 N–H and O–H groups in total. The molecule has 2 aliphatic rings. The third-order valence-corrected chi connectivity index (χ3v) is 5.25. The maximum Gasteiger partial charge on any atom is 0.319 e. The van der Waals surface area contributed by atoms with Gasteiger partial charge in [-0.3, -0.25) is 5.10 Å². The number of ether oxygens (including phenoxy) is 1.